The first-order valence-corrected chi connectivity index (χ1v) is 6.35. The first-order valence-electron chi connectivity index (χ1n) is 6.35. The van der Waals surface area contributed by atoms with Gasteiger partial charge in [0, 0.05) is 18.0 Å². The monoisotopic (exact) mass is 282 g/mol. The Labute approximate surface area is 113 Å². The Balaban J connectivity index is 1.98. The number of benzene rings is 1. The molecule has 2 N–H and O–H groups in total. The van der Waals surface area contributed by atoms with Crippen LogP contribution in [0.3, 0.4) is 0 Å². The first-order chi connectivity index (χ1) is 9.43. The van der Waals surface area contributed by atoms with Crippen molar-refractivity contribution < 1.29 is 17.6 Å². The lowest BCUT2D eigenvalue weighted by Gasteiger charge is -2.14. The highest BCUT2D eigenvalue weighted by Crippen LogP contribution is 2.33. The van der Waals surface area contributed by atoms with Gasteiger partial charge < -0.3 is 10.2 Å². The molecule has 1 heterocycles. The third-order valence-corrected chi connectivity index (χ3v) is 3.41. The highest BCUT2D eigenvalue weighted by molar-refractivity contribution is 5.55. The molecule has 6 heteroatoms. The summed E-state index contributed by atoms with van der Waals surface area (Å²) >= 11 is 0. The lowest BCUT2D eigenvalue weighted by molar-refractivity contribution is -0.137. The highest BCUT2D eigenvalue weighted by atomic mass is 19.4. The number of aryl methyl sites for hydroxylation is 1. The molecule has 1 aromatic heterocycles. The van der Waals surface area contributed by atoms with Crippen molar-refractivity contribution in [1.29, 1.82) is 0 Å². The van der Waals surface area contributed by atoms with E-state index in [1.807, 2.05) is 0 Å². The van der Waals surface area contributed by atoms with Crippen molar-refractivity contribution in [3.63, 3.8) is 0 Å². The van der Waals surface area contributed by atoms with E-state index in [2.05, 4.69) is 4.98 Å². The Hall–Kier alpha value is -1.82. The molecule has 1 atom stereocenters. The standard InChI is InChI=1S/C14H13F3N2O/c15-14(16,17)9-3-1-2-8(6-9)13-19-11-5-4-10(18)7-12(11)20-13/h1-3,6,10H,4-5,7,18H2. The van der Waals surface area contributed by atoms with Gasteiger partial charge in [-0.2, -0.15) is 13.2 Å². The summed E-state index contributed by atoms with van der Waals surface area (Å²) in [5.74, 6) is 0.923. The van der Waals surface area contributed by atoms with Gasteiger partial charge in [-0.25, -0.2) is 4.98 Å². The second-order valence-corrected chi connectivity index (χ2v) is 4.97. The summed E-state index contributed by atoms with van der Waals surface area (Å²) in [6, 6.07) is 5.03. The number of oxazole rings is 1. The number of hydrogen-bond donors (Lipinski definition) is 1. The fourth-order valence-electron chi connectivity index (χ4n) is 2.35. The molecule has 0 bridgehead atoms. The fraction of sp³-hybridized carbons (Fsp3) is 0.357. The normalized spacial score (nSPS) is 18.9. The second kappa shape index (κ2) is 4.63. The van der Waals surface area contributed by atoms with Crippen LogP contribution in [0.1, 0.15) is 23.4 Å². The van der Waals surface area contributed by atoms with E-state index in [0.717, 1.165) is 24.2 Å². The molecular formula is C14H13F3N2O. The Morgan fingerprint density at radius 1 is 1.30 bits per heavy atom. The molecule has 106 valence electrons. The maximum Gasteiger partial charge on any atom is 0.416 e. The summed E-state index contributed by atoms with van der Waals surface area (Å²) in [7, 11) is 0. The molecule has 1 unspecified atom stereocenters. The summed E-state index contributed by atoms with van der Waals surface area (Å²) in [5.41, 5.74) is 6.28. The van der Waals surface area contributed by atoms with Gasteiger partial charge in [0.25, 0.3) is 0 Å². The first kappa shape index (κ1) is 13.2. The van der Waals surface area contributed by atoms with Crippen LogP contribution in [0.15, 0.2) is 28.7 Å². The number of aromatic nitrogens is 1. The molecule has 2 aromatic rings. The van der Waals surface area contributed by atoms with Crippen LogP contribution in [0.2, 0.25) is 0 Å². The van der Waals surface area contributed by atoms with E-state index in [1.54, 1.807) is 6.07 Å². The van der Waals surface area contributed by atoms with Crippen molar-refractivity contribution in [2.75, 3.05) is 0 Å². The summed E-state index contributed by atoms with van der Waals surface area (Å²) in [4.78, 5) is 4.29. The number of fused-ring (bicyclic) bond motifs is 1. The molecule has 0 radical (unpaired) electrons. The molecule has 0 saturated carbocycles. The number of hydrogen-bond acceptors (Lipinski definition) is 3. The van der Waals surface area contributed by atoms with Gasteiger partial charge in [-0.1, -0.05) is 6.07 Å². The highest BCUT2D eigenvalue weighted by Gasteiger charge is 2.31. The van der Waals surface area contributed by atoms with Crippen LogP contribution < -0.4 is 5.73 Å². The number of halogens is 3. The lowest BCUT2D eigenvalue weighted by atomic mass is 9.98. The van der Waals surface area contributed by atoms with Gasteiger partial charge in [0.15, 0.2) is 0 Å². The Bertz CT molecular complexity index is 634. The number of nitrogens with two attached hydrogens (primary N) is 1. The van der Waals surface area contributed by atoms with E-state index in [1.165, 1.54) is 6.07 Å². The van der Waals surface area contributed by atoms with Crippen molar-refractivity contribution in [2.24, 2.45) is 5.73 Å². The van der Waals surface area contributed by atoms with Crippen LogP contribution in [0.25, 0.3) is 11.5 Å². The molecule has 20 heavy (non-hydrogen) atoms. The third-order valence-electron chi connectivity index (χ3n) is 3.41. The number of nitrogens with zero attached hydrogens (tertiary/aromatic N) is 1. The zero-order valence-corrected chi connectivity index (χ0v) is 10.6. The Kier molecular flexibility index (Phi) is 3.05. The molecule has 0 amide bonds. The molecule has 0 saturated heterocycles. The topological polar surface area (TPSA) is 52.0 Å². The number of alkyl halides is 3. The minimum atomic E-state index is -4.37. The van der Waals surface area contributed by atoms with Crippen molar-refractivity contribution in [2.45, 2.75) is 31.5 Å². The van der Waals surface area contributed by atoms with Gasteiger partial charge >= 0.3 is 6.18 Å². The Morgan fingerprint density at radius 2 is 2.10 bits per heavy atom. The average Bonchev–Trinajstić information content (AvgIpc) is 2.81. The van der Waals surface area contributed by atoms with E-state index >= 15 is 0 Å². The maximum atomic E-state index is 12.7. The van der Waals surface area contributed by atoms with Gasteiger partial charge in [-0.3, -0.25) is 0 Å². The third kappa shape index (κ3) is 2.43. The smallest absolute Gasteiger partial charge is 0.416 e. The molecule has 1 aromatic carbocycles. The van der Waals surface area contributed by atoms with Crippen molar-refractivity contribution in [3.05, 3.63) is 41.3 Å². The van der Waals surface area contributed by atoms with E-state index in [-0.39, 0.29) is 11.9 Å². The van der Waals surface area contributed by atoms with Crippen molar-refractivity contribution in [1.82, 2.24) is 4.98 Å². The summed E-state index contributed by atoms with van der Waals surface area (Å²) in [5, 5.41) is 0. The van der Waals surface area contributed by atoms with Crippen molar-refractivity contribution in [3.8, 4) is 11.5 Å². The lowest BCUT2D eigenvalue weighted by Crippen LogP contribution is -2.27. The molecule has 3 rings (SSSR count). The largest absolute Gasteiger partial charge is 0.441 e. The van der Waals surface area contributed by atoms with Crippen molar-refractivity contribution >= 4 is 0 Å². The van der Waals surface area contributed by atoms with E-state index < -0.39 is 11.7 Å². The zero-order chi connectivity index (χ0) is 14.3. The predicted octanol–water partition coefficient (Wildman–Crippen LogP) is 3.18. The quantitative estimate of drug-likeness (QED) is 0.874. The fourth-order valence-corrected chi connectivity index (χ4v) is 2.35. The molecule has 1 aliphatic carbocycles. The van der Waals surface area contributed by atoms with Crippen LogP contribution in [0.4, 0.5) is 13.2 Å². The summed E-state index contributed by atoms with van der Waals surface area (Å²) in [6.45, 7) is 0. The van der Waals surface area contributed by atoms with E-state index in [4.69, 9.17) is 10.2 Å². The predicted molar refractivity (Wildman–Crippen MR) is 66.9 cm³/mol. The molecule has 1 aliphatic rings. The minimum Gasteiger partial charge on any atom is -0.441 e. The van der Waals surface area contributed by atoms with Gasteiger partial charge in [0.2, 0.25) is 5.89 Å². The zero-order valence-electron chi connectivity index (χ0n) is 10.6. The molecule has 0 fully saturated rings. The van der Waals surface area contributed by atoms with E-state index in [9.17, 15) is 13.2 Å². The SMILES string of the molecule is NC1CCc2nc(-c3cccc(C(F)(F)F)c3)oc2C1. The Morgan fingerprint density at radius 3 is 2.85 bits per heavy atom. The molecule has 0 aliphatic heterocycles. The van der Waals surface area contributed by atoms with Gasteiger partial charge in [-0.15, -0.1) is 0 Å². The molecule has 0 spiro atoms. The minimum absolute atomic E-state index is 0.0322. The van der Waals surface area contributed by atoms with E-state index in [0.29, 0.717) is 24.2 Å². The van der Waals surface area contributed by atoms with Crippen LogP contribution >= 0.6 is 0 Å². The van der Waals surface area contributed by atoms with Gasteiger partial charge in [0.05, 0.1) is 11.3 Å². The van der Waals surface area contributed by atoms with Gasteiger partial charge in [-0.05, 0) is 31.0 Å². The van der Waals surface area contributed by atoms with Gasteiger partial charge in [0.1, 0.15) is 5.76 Å². The second-order valence-electron chi connectivity index (χ2n) is 4.97. The summed E-state index contributed by atoms with van der Waals surface area (Å²) in [6.07, 6.45) is -2.26. The number of rotatable bonds is 1. The maximum absolute atomic E-state index is 12.7. The summed E-state index contributed by atoms with van der Waals surface area (Å²) < 4.78 is 43.7. The van der Waals surface area contributed by atoms with Crippen LogP contribution in [-0.2, 0) is 19.0 Å². The molecular weight excluding hydrogens is 269 g/mol. The average molecular weight is 282 g/mol. The van der Waals surface area contributed by atoms with Crippen LogP contribution in [0.5, 0.6) is 0 Å². The van der Waals surface area contributed by atoms with Crippen LogP contribution in [0, 0.1) is 0 Å². The molecule has 3 nitrogen and oxygen atoms in total. The van der Waals surface area contributed by atoms with Crippen LogP contribution in [-0.4, -0.2) is 11.0 Å².